The molecule has 1 aromatic carbocycles. The number of aryl methyl sites for hydroxylation is 1. The van der Waals surface area contributed by atoms with E-state index >= 15 is 0 Å². The Morgan fingerprint density at radius 1 is 1.17 bits per heavy atom. The molecule has 1 heterocycles. The van der Waals surface area contributed by atoms with Crippen LogP contribution in [0.25, 0.3) is 5.69 Å². The van der Waals surface area contributed by atoms with Crippen LogP contribution in [0.15, 0.2) is 41.5 Å². The van der Waals surface area contributed by atoms with Crippen molar-refractivity contribution in [2.75, 3.05) is 0 Å². The number of nitrogens with zero attached hydrogens (tertiary/aromatic N) is 2. The first-order valence-electron chi connectivity index (χ1n) is 8.66. The van der Waals surface area contributed by atoms with E-state index in [1.165, 1.54) is 0 Å². The number of amides is 1. The second-order valence-electron chi connectivity index (χ2n) is 6.76. The molecule has 1 aromatic heterocycles. The monoisotopic (exact) mass is 323 g/mol. The minimum absolute atomic E-state index is 0.128. The molecular formula is C20H25N3O. The maximum Gasteiger partial charge on any atom is 0.273 e. The third-order valence-electron chi connectivity index (χ3n) is 4.86. The molecule has 3 rings (SSSR count). The van der Waals surface area contributed by atoms with E-state index in [0.717, 1.165) is 54.4 Å². The highest BCUT2D eigenvalue weighted by Crippen LogP contribution is 2.22. The van der Waals surface area contributed by atoms with E-state index in [4.69, 9.17) is 0 Å². The number of rotatable bonds is 3. The first-order valence-corrected chi connectivity index (χ1v) is 8.66. The van der Waals surface area contributed by atoms with Crippen LogP contribution in [0.5, 0.6) is 0 Å². The summed E-state index contributed by atoms with van der Waals surface area (Å²) in [5.74, 6) is 0.640. The molecule has 0 spiro atoms. The van der Waals surface area contributed by atoms with Gasteiger partial charge in [0.1, 0.15) is 0 Å². The van der Waals surface area contributed by atoms with Gasteiger partial charge in [-0.3, -0.25) is 4.79 Å². The lowest BCUT2D eigenvalue weighted by Gasteiger charge is -2.18. The molecule has 4 heteroatoms. The lowest BCUT2D eigenvalue weighted by Crippen LogP contribution is -2.22. The van der Waals surface area contributed by atoms with Crippen molar-refractivity contribution in [3.63, 3.8) is 0 Å². The number of aromatic nitrogens is 1. The van der Waals surface area contributed by atoms with Crippen molar-refractivity contribution in [2.45, 2.75) is 46.5 Å². The van der Waals surface area contributed by atoms with E-state index in [1.54, 1.807) is 0 Å². The van der Waals surface area contributed by atoms with E-state index < -0.39 is 0 Å². The summed E-state index contributed by atoms with van der Waals surface area (Å²) in [5.41, 5.74) is 7.60. The van der Waals surface area contributed by atoms with Crippen molar-refractivity contribution in [1.29, 1.82) is 0 Å². The van der Waals surface area contributed by atoms with Crippen LogP contribution in [0.3, 0.4) is 0 Å². The molecule has 24 heavy (non-hydrogen) atoms. The van der Waals surface area contributed by atoms with Crippen LogP contribution in [0.4, 0.5) is 0 Å². The predicted octanol–water partition coefficient (Wildman–Crippen LogP) is 4.39. The van der Waals surface area contributed by atoms with E-state index in [0.29, 0.717) is 5.56 Å². The molecule has 1 saturated carbocycles. The molecule has 1 aliphatic rings. The highest BCUT2D eigenvalue weighted by atomic mass is 16.2. The fraction of sp³-hybridized carbons (Fsp3) is 0.400. The number of nitrogens with one attached hydrogen (secondary N) is 1. The third kappa shape index (κ3) is 3.42. The molecule has 0 saturated heterocycles. The maximum atomic E-state index is 12.5. The van der Waals surface area contributed by atoms with Crippen molar-refractivity contribution in [1.82, 2.24) is 9.99 Å². The number of hydrogen-bond acceptors (Lipinski definition) is 2. The van der Waals surface area contributed by atoms with Crippen molar-refractivity contribution < 1.29 is 4.79 Å². The maximum absolute atomic E-state index is 12.5. The average molecular weight is 323 g/mol. The molecular weight excluding hydrogens is 298 g/mol. The van der Waals surface area contributed by atoms with Crippen LogP contribution in [0.2, 0.25) is 0 Å². The summed E-state index contributed by atoms with van der Waals surface area (Å²) in [6.07, 6.45) is 4.31. The molecule has 4 nitrogen and oxygen atoms in total. The zero-order valence-corrected chi connectivity index (χ0v) is 14.7. The van der Waals surface area contributed by atoms with Gasteiger partial charge >= 0.3 is 0 Å². The van der Waals surface area contributed by atoms with Gasteiger partial charge in [0.15, 0.2) is 0 Å². The first-order chi connectivity index (χ1) is 11.6. The summed E-state index contributed by atoms with van der Waals surface area (Å²) in [5, 5.41) is 4.35. The van der Waals surface area contributed by atoms with Crippen molar-refractivity contribution in [3.8, 4) is 5.69 Å². The molecule has 1 fully saturated rings. The summed E-state index contributed by atoms with van der Waals surface area (Å²) in [4.78, 5) is 12.5. The molecule has 1 N–H and O–H groups in total. The summed E-state index contributed by atoms with van der Waals surface area (Å²) >= 11 is 0. The van der Waals surface area contributed by atoms with Crippen LogP contribution in [-0.2, 0) is 0 Å². The van der Waals surface area contributed by atoms with Gasteiger partial charge in [-0.25, -0.2) is 5.43 Å². The van der Waals surface area contributed by atoms with Gasteiger partial charge in [0, 0.05) is 22.8 Å². The molecule has 126 valence electrons. The molecule has 0 bridgehead atoms. The zero-order chi connectivity index (χ0) is 17.1. The second-order valence-corrected chi connectivity index (χ2v) is 6.76. The summed E-state index contributed by atoms with van der Waals surface area (Å²) in [6.45, 7) is 6.27. The topological polar surface area (TPSA) is 46.4 Å². The smallest absolute Gasteiger partial charge is 0.273 e. The number of para-hydroxylation sites is 1. The van der Waals surface area contributed by atoms with Crippen LogP contribution in [0.1, 0.15) is 54.4 Å². The largest absolute Gasteiger partial charge is 0.318 e. The second kappa shape index (κ2) is 7.04. The third-order valence-corrected chi connectivity index (χ3v) is 4.86. The first kappa shape index (κ1) is 16.5. The van der Waals surface area contributed by atoms with Crippen LogP contribution >= 0.6 is 0 Å². The van der Waals surface area contributed by atoms with Gasteiger partial charge in [0.2, 0.25) is 0 Å². The van der Waals surface area contributed by atoms with E-state index in [-0.39, 0.29) is 5.91 Å². The Kier molecular flexibility index (Phi) is 4.84. The predicted molar refractivity (Wildman–Crippen MR) is 97.8 cm³/mol. The molecule has 0 aliphatic heterocycles. The van der Waals surface area contributed by atoms with Gasteiger partial charge in [-0.2, -0.15) is 5.10 Å². The van der Waals surface area contributed by atoms with Gasteiger partial charge in [0.25, 0.3) is 5.91 Å². The number of carbonyl (C=O) groups excluding carboxylic acids is 1. The Bertz CT molecular complexity index is 749. The fourth-order valence-electron chi connectivity index (χ4n) is 3.36. The minimum Gasteiger partial charge on any atom is -0.318 e. The van der Waals surface area contributed by atoms with E-state index in [2.05, 4.69) is 22.0 Å². The Balaban J connectivity index is 1.78. The summed E-state index contributed by atoms with van der Waals surface area (Å²) in [6, 6.07) is 12.0. The van der Waals surface area contributed by atoms with Gasteiger partial charge in [-0.1, -0.05) is 25.1 Å². The normalized spacial score (nSPS) is 17.6. The number of hydrazone groups is 1. The highest BCUT2D eigenvalue weighted by Gasteiger charge is 2.17. The lowest BCUT2D eigenvalue weighted by atomic mass is 9.90. The molecule has 1 aliphatic carbocycles. The fourth-order valence-corrected chi connectivity index (χ4v) is 3.36. The Morgan fingerprint density at radius 2 is 1.83 bits per heavy atom. The quantitative estimate of drug-likeness (QED) is 0.837. The van der Waals surface area contributed by atoms with Crippen molar-refractivity contribution in [3.05, 3.63) is 53.3 Å². The zero-order valence-electron chi connectivity index (χ0n) is 14.7. The average Bonchev–Trinajstić information content (AvgIpc) is 2.89. The van der Waals surface area contributed by atoms with Gasteiger partial charge in [-0.05, 0) is 63.6 Å². The lowest BCUT2D eigenvalue weighted by molar-refractivity contribution is 0.0954. The Hall–Kier alpha value is -2.36. The molecule has 0 atom stereocenters. The van der Waals surface area contributed by atoms with E-state index in [1.807, 2.05) is 50.2 Å². The van der Waals surface area contributed by atoms with Crippen LogP contribution < -0.4 is 5.43 Å². The Labute approximate surface area is 143 Å². The SMILES string of the molecule is Cc1cc(C(=O)NN=C2CCC(C)CC2)c(C)n1-c1ccccc1. The van der Waals surface area contributed by atoms with E-state index in [9.17, 15) is 4.79 Å². The van der Waals surface area contributed by atoms with Crippen molar-refractivity contribution >= 4 is 11.6 Å². The van der Waals surface area contributed by atoms with Gasteiger partial charge in [-0.15, -0.1) is 0 Å². The van der Waals surface area contributed by atoms with Crippen LogP contribution in [-0.4, -0.2) is 16.2 Å². The molecule has 0 unspecified atom stereocenters. The minimum atomic E-state index is -0.128. The van der Waals surface area contributed by atoms with Crippen LogP contribution in [0, 0.1) is 19.8 Å². The summed E-state index contributed by atoms with van der Waals surface area (Å²) < 4.78 is 2.10. The number of hydrogen-bond donors (Lipinski definition) is 1. The molecule has 2 aromatic rings. The summed E-state index contributed by atoms with van der Waals surface area (Å²) in [7, 11) is 0. The van der Waals surface area contributed by atoms with Crippen molar-refractivity contribution in [2.24, 2.45) is 11.0 Å². The standard InChI is InChI=1S/C20H25N3O/c1-14-9-11-17(12-10-14)21-22-20(24)19-13-15(2)23(16(19)3)18-7-5-4-6-8-18/h4-8,13-14H,9-12H2,1-3H3,(H,22,24). The number of carbonyl (C=O) groups is 1. The highest BCUT2D eigenvalue weighted by molar-refractivity contribution is 5.97. The van der Waals surface area contributed by atoms with Gasteiger partial charge in [0.05, 0.1) is 5.56 Å². The molecule has 1 amide bonds. The Morgan fingerprint density at radius 3 is 2.50 bits per heavy atom. The van der Waals surface area contributed by atoms with Gasteiger partial charge < -0.3 is 4.57 Å². The molecule has 0 radical (unpaired) electrons. The number of benzene rings is 1.